The normalized spacial score (nSPS) is 16.1. The van der Waals surface area contributed by atoms with Gasteiger partial charge >= 0.3 is 0 Å². The SMILES string of the molecule is CCCNC(=O)CN1CCN(C(=O)c2ncn[nH]2)CC1. The van der Waals surface area contributed by atoms with Gasteiger partial charge in [-0.05, 0) is 6.42 Å². The molecule has 0 radical (unpaired) electrons. The van der Waals surface area contributed by atoms with E-state index >= 15 is 0 Å². The van der Waals surface area contributed by atoms with E-state index in [1.807, 2.05) is 6.92 Å². The number of nitrogens with zero attached hydrogens (tertiary/aromatic N) is 4. The lowest BCUT2D eigenvalue weighted by Crippen LogP contribution is -2.51. The van der Waals surface area contributed by atoms with Crippen LogP contribution in [0.5, 0.6) is 0 Å². The summed E-state index contributed by atoms with van der Waals surface area (Å²) in [5, 5.41) is 9.10. The zero-order chi connectivity index (χ0) is 14.4. The third-order valence-electron chi connectivity index (χ3n) is 3.22. The average Bonchev–Trinajstić information content (AvgIpc) is 2.99. The van der Waals surface area contributed by atoms with Crippen LogP contribution in [-0.4, -0.2) is 76.1 Å². The number of aromatic amines is 1. The molecule has 0 saturated carbocycles. The first-order valence-corrected chi connectivity index (χ1v) is 6.84. The quantitative estimate of drug-likeness (QED) is 0.728. The summed E-state index contributed by atoms with van der Waals surface area (Å²) in [6.07, 6.45) is 2.26. The molecule has 0 atom stereocenters. The number of nitrogens with one attached hydrogen (secondary N) is 2. The van der Waals surface area contributed by atoms with E-state index in [0.29, 0.717) is 39.3 Å². The van der Waals surface area contributed by atoms with E-state index in [1.165, 1.54) is 6.33 Å². The Morgan fingerprint density at radius 3 is 2.70 bits per heavy atom. The Morgan fingerprint density at radius 1 is 1.35 bits per heavy atom. The van der Waals surface area contributed by atoms with E-state index in [-0.39, 0.29) is 17.6 Å². The lowest BCUT2D eigenvalue weighted by molar-refractivity contribution is -0.122. The molecule has 0 unspecified atom stereocenters. The maximum absolute atomic E-state index is 12.0. The topological polar surface area (TPSA) is 94.2 Å². The van der Waals surface area contributed by atoms with Gasteiger partial charge in [-0.2, -0.15) is 5.10 Å². The number of hydrogen-bond donors (Lipinski definition) is 2. The Kier molecular flexibility index (Phi) is 5.05. The highest BCUT2D eigenvalue weighted by molar-refractivity contribution is 5.90. The fourth-order valence-electron chi connectivity index (χ4n) is 2.09. The van der Waals surface area contributed by atoms with Gasteiger partial charge in [-0.25, -0.2) is 4.98 Å². The molecule has 1 aliphatic rings. The molecular weight excluding hydrogens is 260 g/mol. The van der Waals surface area contributed by atoms with Crippen LogP contribution in [0.4, 0.5) is 0 Å². The second-order valence-electron chi connectivity index (χ2n) is 4.75. The highest BCUT2D eigenvalue weighted by Crippen LogP contribution is 2.05. The lowest BCUT2D eigenvalue weighted by atomic mass is 10.3. The molecule has 0 bridgehead atoms. The van der Waals surface area contributed by atoms with Crippen molar-refractivity contribution in [2.45, 2.75) is 13.3 Å². The summed E-state index contributed by atoms with van der Waals surface area (Å²) in [6.45, 7) is 5.71. The number of rotatable bonds is 5. The molecule has 0 spiro atoms. The summed E-state index contributed by atoms with van der Waals surface area (Å²) in [6, 6.07) is 0. The maximum Gasteiger partial charge on any atom is 0.291 e. The van der Waals surface area contributed by atoms with Crippen molar-refractivity contribution in [3.05, 3.63) is 12.2 Å². The van der Waals surface area contributed by atoms with E-state index < -0.39 is 0 Å². The smallest absolute Gasteiger partial charge is 0.291 e. The first-order chi connectivity index (χ1) is 9.70. The monoisotopic (exact) mass is 280 g/mol. The van der Waals surface area contributed by atoms with Crippen LogP contribution in [0.2, 0.25) is 0 Å². The van der Waals surface area contributed by atoms with Crippen molar-refractivity contribution in [3.63, 3.8) is 0 Å². The summed E-state index contributed by atoms with van der Waals surface area (Å²) >= 11 is 0. The first-order valence-electron chi connectivity index (χ1n) is 6.84. The van der Waals surface area contributed by atoms with Gasteiger partial charge in [-0.15, -0.1) is 0 Å². The predicted molar refractivity (Wildman–Crippen MR) is 72.0 cm³/mol. The number of piperazine rings is 1. The standard InChI is InChI=1S/C12H20N6O2/c1-2-3-13-10(19)8-17-4-6-18(7-5-17)12(20)11-14-9-15-16-11/h9H,2-8H2,1H3,(H,13,19)(H,14,15,16). The fourth-order valence-corrected chi connectivity index (χ4v) is 2.09. The zero-order valence-electron chi connectivity index (χ0n) is 11.6. The average molecular weight is 280 g/mol. The zero-order valence-corrected chi connectivity index (χ0v) is 11.6. The van der Waals surface area contributed by atoms with Gasteiger partial charge < -0.3 is 10.2 Å². The van der Waals surface area contributed by atoms with Gasteiger partial charge in [0.1, 0.15) is 6.33 Å². The minimum absolute atomic E-state index is 0.0434. The molecular formula is C12H20N6O2. The van der Waals surface area contributed by atoms with Crippen LogP contribution in [0.3, 0.4) is 0 Å². The largest absolute Gasteiger partial charge is 0.355 e. The summed E-state index contributed by atoms with van der Waals surface area (Å²) in [5.74, 6) is 0.165. The molecule has 1 saturated heterocycles. The maximum atomic E-state index is 12.0. The Balaban J connectivity index is 1.75. The molecule has 110 valence electrons. The molecule has 1 aromatic rings. The molecule has 8 heteroatoms. The minimum Gasteiger partial charge on any atom is -0.355 e. The third kappa shape index (κ3) is 3.77. The van der Waals surface area contributed by atoms with Gasteiger partial charge in [-0.3, -0.25) is 19.6 Å². The molecule has 0 aromatic carbocycles. The van der Waals surface area contributed by atoms with E-state index in [9.17, 15) is 9.59 Å². The van der Waals surface area contributed by atoms with Crippen LogP contribution in [-0.2, 0) is 4.79 Å². The number of carbonyl (C=O) groups excluding carboxylic acids is 2. The van der Waals surface area contributed by atoms with Crippen LogP contribution < -0.4 is 5.32 Å². The van der Waals surface area contributed by atoms with Gasteiger partial charge in [0.2, 0.25) is 11.7 Å². The Bertz CT molecular complexity index is 439. The summed E-state index contributed by atoms with van der Waals surface area (Å²) in [4.78, 5) is 31.3. The first kappa shape index (κ1) is 14.4. The second-order valence-corrected chi connectivity index (χ2v) is 4.75. The van der Waals surface area contributed by atoms with Crippen molar-refractivity contribution in [2.75, 3.05) is 39.3 Å². The van der Waals surface area contributed by atoms with E-state index in [2.05, 4.69) is 25.4 Å². The van der Waals surface area contributed by atoms with Gasteiger partial charge in [0.15, 0.2) is 0 Å². The van der Waals surface area contributed by atoms with Crippen LogP contribution in [0, 0.1) is 0 Å². The Morgan fingerprint density at radius 2 is 2.10 bits per heavy atom. The molecule has 1 fully saturated rings. The molecule has 20 heavy (non-hydrogen) atoms. The van der Waals surface area contributed by atoms with Crippen molar-refractivity contribution < 1.29 is 9.59 Å². The van der Waals surface area contributed by atoms with Crippen LogP contribution in [0.25, 0.3) is 0 Å². The number of aromatic nitrogens is 3. The van der Waals surface area contributed by atoms with E-state index in [1.54, 1.807) is 4.90 Å². The van der Waals surface area contributed by atoms with Crippen molar-refractivity contribution in [1.29, 1.82) is 0 Å². The van der Waals surface area contributed by atoms with E-state index in [0.717, 1.165) is 6.42 Å². The molecule has 2 amide bonds. The number of H-pyrrole nitrogens is 1. The van der Waals surface area contributed by atoms with Crippen LogP contribution >= 0.6 is 0 Å². The number of hydrogen-bond acceptors (Lipinski definition) is 5. The second kappa shape index (κ2) is 6.99. The van der Waals surface area contributed by atoms with Crippen molar-refractivity contribution in [2.24, 2.45) is 0 Å². The fraction of sp³-hybridized carbons (Fsp3) is 0.667. The Hall–Kier alpha value is -1.96. The highest BCUT2D eigenvalue weighted by atomic mass is 16.2. The van der Waals surface area contributed by atoms with Gasteiger partial charge in [-0.1, -0.05) is 6.92 Å². The summed E-state index contributed by atoms with van der Waals surface area (Å²) in [5.41, 5.74) is 0. The molecule has 2 N–H and O–H groups in total. The minimum atomic E-state index is -0.141. The van der Waals surface area contributed by atoms with Crippen LogP contribution in [0.1, 0.15) is 24.0 Å². The van der Waals surface area contributed by atoms with Gasteiger partial charge in [0.25, 0.3) is 5.91 Å². The van der Waals surface area contributed by atoms with E-state index in [4.69, 9.17) is 0 Å². The van der Waals surface area contributed by atoms with Gasteiger partial charge in [0, 0.05) is 32.7 Å². The third-order valence-corrected chi connectivity index (χ3v) is 3.22. The predicted octanol–water partition coefficient (Wildman–Crippen LogP) is -0.911. The summed E-state index contributed by atoms with van der Waals surface area (Å²) < 4.78 is 0. The molecule has 1 aromatic heterocycles. The molecule has 2 heterocycles. The number of amides is 2. The van der Waals surface area contributed by atoms with Crippen molar-refractivity contribution >= 4 is 11.8 Å². The molecule has 1 aliphatic heterocycles. The number of carbonyl (C=O) groups is 2. The molecule has 2 rings (SSSR count). The van der Waals surface area contributed by atoms with Crippen LogP contribution in [0.15, 0.2) is 6.33 Å². The lowest BCUT2D eigenvalue weighted by Gasteiger charge is -2.33. The highest BCUT2D eigenvalue weighted by Gasteiger charge is 2.24. The Labute approximate surface area is 117 Å². The van der Waals surface area contributed by atoms with Gasteiger partial charge in [0.05, 0.1) is 6.54 Å². The molecule has 8 nitrogen and oxygen atoms in total. The molecule has 0 aliphatic carbocycles. The van der Waals surface area contributed by atoms with Crippen molar-refractivity contribution in [3.8, 4) is 0 Å². The summed E-state index contributed by atoms with van der Waals surface area (Å²) in [7, 11) is 0. The van der Waals surface area contributed by atoms with Crippen molar-refractivity contribution in [1.82, 2.24) is 30.3 Å².